The van der Waals surface area contributed by atoms with Crippen LogP contribution < -0.4 is 11.1 Å². The second-order valence-electron chi connectivity index (χ2n) is 3.87. The number of nitrogens with two attached hydrogens (primary N) is 1. The van der Waals surface area contributed by atoms with Crippen molar-refractivity contribution in [3.63, 3.8) is 0 Å². The van der Waals surface area contributed by atoms with Gasteiger partial charge < -0.3 is 10.2 Å². The summed E-state index contributed by atoms with van der Waals surface area (Å²) in [4.78, 5) is 0. The van der Waals surface area contributed by atoms with Crippen molar-refractivity contribution < 1.29 is 4.42 Å². The Labute approximate surface area is 85.8 Å². The van der Waals surface area contributed by atoms with Crippen LogP contribution in [0.1, 0.15) is 30.7 Å². The normalized spacial score (nSPS) is 29.4. The average molecular weight is 212 g/mol. The summed E-state index contributed by atoms with van der Waals surface area (Å²) in [5.74, 6) is 3.24. The molecule has 1 saturated heterocycles. The summed E-state index contributed by atoms with van der Waals surface area (Å²) < 4.78 is 5.57. The molecule has 1 saturated carbocycles. The Hall–Kier alpha value is -0.590. The molecule has 1 aliphatic heterocycles. The monoisotopic (exact) mass is 212 g/mol. The molecule has 0 amide bonds. The van der Waals surface area contributed by atoms with E-state index >= 15 is 0 Å². The highest BCUT2D eigenvalue weighted by atomic mass is 32.2. The Morgan fingerprint density at radius 3 is 3.00 bits per heavy atom. The van der Waals surface area contributed by atoms with E-state index in [1.54, 1.807) is 0 Å². The Morgan fingerprint density at radius 2 is 2.36 bits per heavy atom. The first-order valence-corrected chi connectivity index (χ1v) is 5.87. The van der Waals surface area contributed by atoms with Gasteiger partial charge in [0.2, 0.25) is 11.8 Å². The lowest BCUT2D eigenvalue weighted by atomic mass is 10.3. The lowest BCUT2D eigenvalue weighted by Gasteiger charge is -2.03. The third-order valence-electron chi connectivity index (χ3n) is 2.67. The van der Waals surface area contributed by atoms with Crippen LogP contribution in [0.3, 0.4) is 0 Å². The van der Waals surface area contributed by atoms with Crippen LogP contribution in [-0.2, 0) is 5.54 Å². The fraction of sp³-hybridized carbons (Fsp3) is 0.750. The highest BCUT2D eigenvalue weighted by Gasteiger charge is 2.45. The fourth-order valence-corrected chi connectivity index (χ4v) is 2.41. The van der Waals surface area contributed by atoms with Crippen LogP contribution in [0.4, 0.5) is 0 Å². The zero-order valence-corrected chi connectivity index (χ0v) is 8.51. The molecule has 6 heteroatoms. The molecule has 0 aromatic carbocycles. The van der Waals surface area contributed by atoms with Gasteiger partial charge >= 0.3 is 0 Å². The van der Waals surface area contributed by atoms with Crippen LogP contribution in [0.25, 0.3) is 0 Å². The molecule has 76 valence electrons. The maximum absolute atomic E-state index is 5.96. The van der Waals surface area contributed by atoms with Crippen molar-refractivity contribution >= 4 is 11.8 Å². The Balaban J connectivity index is 1.82. The first-order valence-electron chi connectivity index (χ1n) is 4.72. The Kier molecular flexibility index (Phi) is 1.83. The van der Waals surface area contributed by atoms with E-state index in [4.69, 9.17) is 10.2 Å². The van der Waals surface area contributed by atoms with Crippen molar-refractivity contribution in [2.75, 3.05) is 11.6 Å². The maximum atomic E-state index is 5.96. The number of thioether (sulfide) groups is 1. The predicted molar refractivity (Wildman–Crippen MR) is 52.6 cm³/mol. The molecule has 0 spiro atoms. The van der Waals surface area contributed by atoms with E-state index in [0.29, 0.717) is 11.8 Å². The maximum Gasteiger partial charge on any atom is 0.236 e. The molecule has 2 heterocycles. The summed E-state index contributed by atoms with van der Waals surface area (Å²) in [7, 11) is 0. The summed E-state index contributed by atoms with van der Waals surface area (Å²) >= 11 is 1.84. The minimum absolute atomic E-state index is 0.212. The molecule has 0 bridgehead atoms. The molecule has 1 aromatic rings. The molecular formula is C8H12N4OS. The molecule has 2 aliphatic rings. The summed E-state index contributed by atoms with van der Waals surface area (Å²) in [6, 6.07) is 0.212. The van der Waals surface area contributed by atoms with E-state index in [2.05, 4.69) is 15.5 Å². The van der Waals surface area contributed by atoms with Gasteiger partial charge in [0.15, 0.2) is 0 Å². The van der Waals surface area contributed by atoms with Gasteiger partial charge in [-0.05, 0) is 12.8 Å². The van der Waals surface area contributed by atoms with Gasteiger partial charge in [0.05, 0.1) is 11.6 Å². The predicted octanol–water partition coefficient (Wildman–Crippen LogP) is 0.352. The van der Waals surface area contributed by atoms with Gasteiger partial charge in [0.25, 0.3) is 0 Å². The number of nitrogens with zero attached hydrogens (tertiary/aromatic N) is 2. The molecule has 0 unspecified atom stereocenters. The molecule has 14 heavy (non-hydrogen) atoms. The van der Waals surface area contributed by atoms with E-state index in [0.717, 1.165) is 24.5 Å². The molecule has 3 N–H and O–H groups in total. The minimum atomic E-state index is -0.309. The number of aromatic nitrogens is 2. The lowest BCUT2D eigenvalue weighted by Crippen LogP contribution is -2.19. The van der Waals surface area contributed by atoms with Crippen molar-refractivity contribution in [1.29, 1.82) is 0 Å². The Bertz CT molecular complexity index is 343. The lowest BCUT2D eigenvalue weighted by molar-refractivity contribution is 0.382. The summed E-state index contributed by atoms with van der Waals surface area (Å²) in [6.45, 7) is 0. The second-order valence-corrected chi connectivity index (χ2v) is 4.90. The molecule has 0 radical (unpaired) electrons. The van der Waals surface area contributed by atoms with Crippen molar-refractivity contribution in [1.82, 2.24) is 15.5 Å². The van der Waals surface area contributed by atoms with Crippen LogP contribution in [-0.4, -0.2) is 21.8 Å². The van der Waals surface area contributed by atoms with Crippen molar-refractivity contribution in [2.24, 2.45) is 5.73 Å². The van der Waals surface area contributed by atoms with Crippen LogP contribution in [0, 0.1) is 0 Å². The number of rotatable bonds is 2. The van der Waals surface area contributed by atoms with Gasteiger partial charge in [0.1, 0.15) is 0 Å². The largest absolute Gasteiger partial charge is 0.422 e. The highest BCUT2D eigenvalue weighted by molar-refractivity contribution is 7.99. The number of nitrogens with one attached hydrogen (secondary N) is 1. The summed E-state index contributed by atoms with van der Waals surface area (Å²) in [5, 5.41) is 11.3. The molecule has 5 nitrogen and oxygen atoms in total. The Morgan fingerprint density at radius 1 is 1.50 bits per heavy atom. The number of hydrogen-bond acceptors (Lipinski definition) is 6. The first kappa shape index (κ1) is 8.70. The zero-order valence-electron chi connectivity index (χ0n) is 7.69. The van der Waals surface area contributed by atoms with E-state index in [1.807, 2.05) is 11.8 Å². The first-order chi connectivity index (χ1) is 6.78. The molecule has 1 aliphatic carbocycles. The topological polar surface area (TPSA) is 77.0 Å². The quantitative estimate of drug-likeness (QED) is 0.736. The van der Waals surface area contributed by atoms with Gasteiger partial charge in [-0.25, -0.2) is 0 Å². The standard InChI is InChI=1S/C8H12N4OS/c9-8(1-2-8)7-12-11-6(13-7)5-3-14-4-10-5/h5,10H,1-4,9H2/t5-/m0/s1. The second kappa shape index (κ2) is 2.95. The average Bonchev–Trinajstić information content (AvgIpc) is 2.73. The van der Waals surface area contributed by atoms with Crippen molar-refractivity contribution in [3.05, 3.63) is 11.8 Å². The van der Waals surface area contributed by atoms with Crippen LogP contribution in [0.5, 0.6) is 0 Å². The summed E-state index contributed by atoms with van der Waals surface area (Å²) in [5.41, 5.74) is 5.65. The van der Waals surface area contributed by atoms with Crippen LogP contribution in [0.15, 0.2) is 4.42 Å². The van der Waals surface area contributed by atoms with Gasteiger partial charge in [-0.3, -0.25) is 5.32 Å². The molecule has 1 atom stereocenters. The summed E-state index contributed by atoms with van der Waals surface area (Å²) in [6.07, 6.45) is 1.92. The van der Waals surface area contributed by atoms with Crippen LogP contribution >= 0.6 is 11.8 Å². The van der Waals surface area contributed by atoms with Crippen molar-refractivity contribution in [3.8, 4) is 0 Å². The van der Waals surface area contributed by atoms with Crippen LogP contribution in [0.2, 0.25) is 0 Å². The fourth-order valence-electron chi connectivity index (χ4n) is 1.48. The molecule has 2 fully saturated rings. The van der Waals surface area contributed by atoms with Gasteiger partial charge in [-0.15, -0.1) is 22.0 Å². The third kappa shape index (κ3) is 1.34. The van der Waals surface area contributed by atoms with Crippen molar-refractivity contribution in [2.45, 2.75) is 24.4 Å². The molecular weight excluding hydrogens is 200 g/mol. The smallest absolute Gasteiger partial charge is 0.236 e. The van der Waals surface area contributed by atoms with E-state index in [9.17, 15) is 0 Å². The van der Waals surface area contributed by atoms with Gasteiger partial charge in [0, 0.05) is 11.6 Å². The van der Waals surface area contributed by atoms with Gasteiger partial charge in [-0.1, -0.05) is 0 Å². The van der Waals surface area contributed by atoms with E-state index < -0.39 is 0 Å². The molecule has 1 aromatic heterocycles. The van der Waals surface area contributed by atoms with E-state index in [-0.39, 0.29) is 11.6 Å². The third-order valence-corrected chi connectivity index (χ3v) is 3.61. The zero-order chi connectivity index (χ0) is 9.60. The minimum Gasteiger partial charge on any atom is -0.422 e. The SMILES string of the molecule is NC1(c2nnc([C@@H]3CSCN3)o2)CC1. The highest BCUT2D eigenvalue weighted by Crippen LogP contribution is 2.42. The van der Waals surface area contributed by atoms with Gasteiger partial charge in [-0.2, -0.15) is 0 Å². The number of hydrogen-bond donors (Lipinski definition) is 2. The van der Waals surface area contributed by atoms with E-state index in [1.165, 1.54) is 0 Å². The molecule has 3 rings (SSSR count).